The van der Waals surface area contributed by atoms with Gasteiger partial charge in [0.05, 0.1) is 11.2 Å². The Balaban J connectivity index is 1.29. The standard InChI is InChI=1S/C25H24F3N3O3/c1-12-6-20(24(32)34-12)30-25(33)29-11-13-7-15(8-13)21-18-9-17(27)10-19(28)23(18)31-22(21)14-2-4-16(26)5-3-14/h2-5,9-10,12-13,15,20,31H,6-8,11H2,1H3,(H2,29,30,33)/t12?,13-,15-,20?. The lowest BCUT2D eigenvalue weighted by Crippen LogP contribution is -2.46. The van der Waals surface area contributed by atoms with Crippen LogP contribution in [0.15, 0.2) is 36.4 Å². The molecule has 1 saturated heterocycles. The summed E-state index contributed by atoms with van der Waals surface area (Å²) in [6.07, 6.45) is 1.65. The smallest absolute Gasteiger partial charge is 0.329 e. The summed E-state index contributed by atoms with van der Waals surface area (Å²) in [7, 11) is 0. The molecule has 1 aliphatic heterocycles. The fourth-order valence-electron chi connectivity index (χ4n) is 4.97. The minimum Gasteiger partial charge on any atom is -0.461 e. The highest BCUT2D eigenvalue weighted by Gasteiger charge is 2.36. The van der Waals surface area contributed by atoms with Crippen molar-refractivity contribution in [3.05, 3.63) is 59.4 Å². The number of benzene rings is 2. The Hall–Kier alpha value is -3.49. The number of carbonyl (C=O) groups excluding carboxylic acids is 2. The van der Waals surface area contributed by atoms with Gasteiger partial charge in [0.1, 0.15) is 29.6 Å². The van der Waals surface area contributed by atoms with Crippen LogP contribution >= 0.6 is 0 Å². The van der Waals surface area contributed by atoms with Gasteiger partial charge >= 0.3 is 12.0 Å². The molecule has 1 saturated carbocycles. The van der Waals surface area contributed by atoms with Gasteiger partial charge < -0.3 is 20.4 Å². The Morgan fingerprint density at radius 3 is 2.50 bits per heavy atom. The van der Waals surface area contributed by atoms with Gasteiger partial charge in [-0.3, -0.25) is 0 Å². The molecule has 0 radical (unpaired) electrons. The van der Waals surface area contributed by atoms with E-state index in [1.165, 1.54) is 18.2 Å². The van der Waals surface area contributed by atoms with Crippen LogP contribution in [0.1, 0.15) is 37.7 Å². The van der Waals surface area contributed by atoms with Crippen LogP contribution in [-0.4, -0.2) is 35.7 Å². The van der Waals surface area contributed by atoms with Crippen molar-refractivity contribution in [2.24, 2.45) is 5.92 Å². The second-order valence-electron chi connectivity index (χ2n) is 9.16. The number of H-pyrrole nitrogens is 1. The molecular weight excluding hydrogens is 447 g/mol. The third-order valence-electron chi connectivity index (χ3n) is 6.67. The van der Waals surface area contributed by atoms with Crippen LogP contribution in [0.4, 0.5) is 18.0 Å². The second kappa shape index (κ2) is 8.70. The normalized spacial score (nSPS) is 24.1. The Bertz CT molecular complexity index is 1250. The molecule has 2 fully saturated rings. The number of rotatable bonds is 5. The maximum absolute atomic E-state index is 14.5. The molecule has 5 rings (SSSR count). The first-order valence-corrected chi connectivity index (χ1v) is 11.3. The molecule has 9 heteroatoms. The van der Waals surface area contributed by atoms with Crippen LogP contribution in [0, 0.1) is 23.4 Å². The molecule has 34 heavy (non-hydrogen) atoms. The third-order valence-corrected chi connectivity index (χ3v) is 6.67. The van der Waals surface area contributed by atoms with Crippen molar-refractivity contribution >= 4 is 22.9 Å². The van der Waals surface area contributed by atoms with E-state index >= 15 is 0 Å². The summed E-state index contributed by atoms with van der Waals surface area (Å²) < 4.78 is 47.0. The summed E-state index contributed by atoms with van der Waals surface area (Å²) in [5.41, 5.74) is 2.34. The SMILES string of the molecule is CC1CC(NC(=O)NC[C@H]2C[C@H](c3c(-c4ccc(F)cc4)[nH]c4c(F)cc(F)cc43)C2)C(=O)O1. The quantitative estimate of drug-likeness (QED) is 0.470. The van der Waals surface area contributed by atoms with Crippen LogP contribution in [0.25, 0.3) is 22.2 Å². The lowest BCUT2D eigenvalue weighted by atomic mass is 9.70. The van der Waals surface area contributed by atoms with E-state index in [2.05, 4.69) is 15.6 Å². The van der Waals surface area contributed by atoms with Gasteiger partial charge in [-0.25, -0.2) is 22.8 Å². The number of halogens is 3. The number of cyclic esters (lactones) is 1. The van der Waals surface area contributed by atoms with Gasteiger partial charge in [0.15, 0.2) is 0 Å². The first kappa shape index (κ1) is 22.3. The van der Waals surface area contributed by atoms with Crippen molar-refractivity contribution in [2.75, 3.05) is 6.54 Å². The number of carbonyl (C=O) groups is 2. The van der Waals surface area contributed by atoms with Gasteiger partial charge in [-0.2, -0.15) is 0 Å². The van der Waals surface area contributed by atoms with Crippen LogP contribution in [0.2, 0.25) is 0 Å². The summed E-state index contributed by atoms with van der Waals surface area (Å²) in [5, 5.41) is 5.90. The molecule has 0 bridgehead atoms. The molecule has 6 nitrogen and oxygen atoms in total. The number of ether oxygens (including phenoxy) is 1. The molecule has 2 heterocycles. The van der Waals surface area contributed by atoms with Gasteiger partial charge in [-0.15, -0.1) is 0 Å². The number of aromatic nitrogens is 1. The van der Waals surface area contributed by atoms with Crippen molar-refractivity contribution in [1.29, 1.82) is 0 Å². The highest BCUT2D eigenvalue weighted by atomic mass is 19.1. The molecule has 1 aliphatic carbocycles. The zero-order chi connectivity index (χ0) is 24.0. The van der Waals surface area contributed by atoms with Gasteiger partial charge in [0, 0.05) is 24.4 Å². The van der Waals surface area contributed by atoms with E-state index in [0.29, 0.717) is 42.5 Å². The topological polar surface area (TPSA) is 83.2 Å². The van der Waals surface area contributed by atoms with E-state index in [4.69, 9.17) is 4.74 Å². The van der Waals surface area contributed by atoms with E-state index in [9.17, 15) is 22.8 Å². The number of urea groups is 1. The van der Waals surface area contributed by atoms with Crippen LogP contribution < -0.4 is 10.6 Å². The highest BCUT2D eigenvalue weighted by molar-refractivity contribution is 5.92. The van der Waals surface area contributed by atoms with Crippen LogP contribution in [0.3, 0.4) is 0 Å². The number of hydrogen-bond acceptors (Lipinski definition) is 3. The molecule has 3 N–H and O–H groups in total. The van der Waals surface area contributed by atoms with Gasteiger partial charge in [-0.1, -0.05) is 0 Å². The number of esters is 1. The van der Waals surface area contributed by atoms with Crippen molar-refractivity contribution < 1.29 is 27.5 Å². The van der Waals surface area contributed by atoms with Crippen molar-refractivity contribution in [1.82, 2.24) is 15.6 Å². The Morgan fingerprint density at radius 1 is 1.09 bits per heavy atom. The average Bonchev–Trinajstić information content (AvgIpc) is 3.27. The van der Waals surface area contributed by atoms with Crippen LogP contribution in [0.5, 0.6) is 0 Å². The predicted molar refractivity (Wildman–Crippen MR) is 120 cm³/mol. The predicted octanol–water partition coefficient (Wildman–Crippen LogP) is 4.75. The third kappa shape index (κ3) is 4.22. The fourth-order valence-corrected chi connectivity index (χ4v) is 4.97. The maximum Gasteiger partial charge on any atom is 0.329 e. The van der Waals surface area contributed by atoms with E-state index < -0.39 is 29.7 Å². The second-order valence-corrected chi connectivity index (χ2v) is 9.16. The van der Waals surface area contributed by atoms with Gasteiger partial charge in [-0.05, 0) is 73.1 Å². The Labute approximate surface area is 193 Å². The van der Waals surface area contributed by atoms with Gasteiger partial charge in [0.2, 0.25) is 0 Å². The summed E-state index contributed by atoms with van der Waals surface area (Å²) in [4.78, 5) is 26.9. The molecule has 2 atom stereocenters. The molecule has 3 aromatic rings. The van der Waals surface area contributed by atoms with Crippen LogP contribution in [-0.2, 0) is 9.53 Å². The number of nitrogens with one attached hydrogen (secondary N) is 3. The average molecular weight is 471 g/mol. The summed E-state index contributed by atoms with van der Waals surface area (Å²) in [5.74, 6) is -1.96. The molecule has 178 valence electrons. The van der Waals surface area contributed by atoms with Crippen molar-refractivity contribution in [2.45, 2.75) is 44.2 Å². The molecular formula is C25H24F3N3O3. The van der Waals surface area contributed by atoms with E-state index in [0.717, 1.165) is 11.6 Å². The lowest BCUT2D eigenvalue weighted by molar-refractivity contribution is -0.142. The zero-order valence-electron chi connectivity index (χ0n) is 18.5. The lowest BCUT2D eigenvalue weighted by Gasteiger charge is -2.36. The molecule has 2 unspecified atom stereocenters. The zero-order valence-corrected chi connectivity index (χ0v) is 18.5. The van der Waals surface area contributed by atoms with E-state index in [1.807, 2.05) is 0 Å². The molecule has 0 spiro atoms. The number of hydrogen-bond donors (Lipinski definition) is 3. The van der Waals surface area contributed by atoms with Crippen molar-refractivity contribution in [3.8, 4) is 11.3 Å². The van der Waals surface area contributed by atoms with E-state index in [1.54, 1.807) is 19.1 Å². The maximum atomic E-state index is 14.5. The summed E-state index contributed by atoms with van der Waals surface area (Å²) in [6.45, 7) is 2.19. The van der Waals surface area contributed by atoms with Gasteiger partial charge in [0.25, 0.3) is 0 Å². The fraction of sp³-hybridized carbons (Fsp3) is 0.360. The Morgan fingerprint density at radius 2 is 1.82 bits per heavy atom. The van der Waals surface area contributed by atoms with E-state index in [-0.39, 0.29) is 29.3 Å². The number of aromatic amines is 1. The summed E-state index contributed by atoms with van der Waals surface area (Å²) in [6, 6.07) is 6.95. The first-order chi connectivity index (χ1) is 16.3. The minimum atomic E-state index is -0.682. The highest BCUT2D eigenvalue weighted by Crippen LogP contribution is 2.48. The number of fused-ring (bicyclic) bond motifs is 1. The first-order valence-electron chi connectivity index (χ1n) is 11.3. The molecule has 1 aromatic heterocycles. The number of amides is 2. The Kier molecular flexibility index (Phi) is 5.71. The molecule has 2 aromatic carbocycles. The largest absolute Gasteiger partial charge is 0.461 e. The summed E-state index contributed by atoms with van der Waals surface area (Å²) >= 11 is 0. The monoisotopic (exact) mass is 471 g/mol. The minimum absolute atomic E-state index is 0.0236. The molecule has 2 aliphatic rings. The van der Waals surface area contributed by atoms with Crippen molar-refractivity contribution in [3.63, 3.8) is 0 Å². The molecule has 2 amide bonds.